The van der Waals surface area contributed by atoms with E-state index < -0.39 is 15.9 Å². The molecule has 0 heterocycles. The molecule has 0 radical (unpaired) electrons. The molecule has 5 N–H and O–H groups in total. The van der Waals surface area contributed by atoms with Crippen LogP contribution in [0.25, 0.3) is 0 Å². The summed E-state index contributed by atoms with van der Waals surface area (Å²) in [5.41, 5.74) is 2.18. The molecule has 3 aromatic rings. The van der Waals surface area contributed by atoms with E-state index in [-0.39, 0.29) is 4.90 Å². The third-order valence-corrected chi connectivity index (χ3v) is 5.29. The number of carbonyl (C=O) groups excluding carboxylic acids is 1. The van der Waals surface area contributed by atoms with Crippen molar-refractivity contribution in [1.82, 2.24) is 0 Å². The molecule has 3 aromatic carbocycles. The maximum absolute atomic E-state index is 12.4. The fourth-order valence-electron chi connectivity index (χ4n) is 2.49. The van der Waals surface area contributed by atoms with Crippen LogP contribution in [-0.2, 0) is 10.0 Å². The van der Waals surface area contributed by atoms with Crippen molar-refractivity contribution in [1.29, 1.82) is 0 Å². The monoisotopic (exact) mass is 460 g/mol. The average Bonchev–Trinajstić information content (AvgIpc) is 2.70. The fraction of sp³-hybridized carbons (Fsp3) is 0. The van der Waals surface area contributed by atoms with Crippen LogP contribution in [0.2, 0.25) is 5.02 Å². The van der Waals surface area contributed by atoms with Crippen LogP contribution < -0.4 is 21.1 Å². The predicted octanol–water partition coefficient (Wildman–Crippen LogP) is 4.05. The average molecular weight is 461 g/mol. The highest BCUT2D eigenvalue weighted by Gasteiger charge is 2.11. The fourth-order valence-corrected chi connectivity index (χ4v) is 3.41. The Kier molecular flexibility index (Phi) is 6.68. The zero-order valence-corrected chi connectivity index (χ0v) is 17.8. The molecule has 0 saturated carbocycles. The zero-order chi connectivity index (χ0) is 21.7. The summed E-state index contributed by atoms with van der Waals surface area (Å²) in [6.07, 6.45) is 0. The molecule has 0 atom stereocenters. The lowest BCUT2D eigenvalue weighted by Gasteiger charge is -2.11. The van der Waals surface area contributed by atoms with Gasteiger partial charge < -0.3 is 16.0 Å². The molecule has 0 aliphatic rings. The summed E-state index contributed by atoms with van der Waals surface area (Å²) in [6.45, 7) is 0. The summed E-state index contributed by atoms with van der Waals surface area (Å²) >= 11 is 11.1. The first kappa shape index (κ1) is 21.7. The van der Waals surface area contributed by atoms with Crippen LogP contribution in [0, 0.1) is 0 Å². The molecule has 0 aliphatic heterocycles. The smallest absolute Gasteiger partial charge is 0.255 e. The molecule has 10 heteroatoms. The lowest BCUT2D eigenvalue weighted by atomic mass is 10.2. The third kappa shape index (κ3) is 6.01. The highest BCUT2D eigenvalue weighted by atomic mass is 35.5. The van der Waals surface area contributed by atoms with Crippen molar-refractivity contribution in [3.63, 3.8) is 0 Å². The van der Waals surface area contributed by atoms with Crippen LogP contribution in [0.1, 0.15) is 10.4 Å². The quantitative estimate of drug-likeness (QED) is 0.427. The van der Waals surface area contributed by atoms with E-state index in [0.717, 1.165) is 5.69 Å². The predicted molar refractivity (Wildman–Crippen MR) is 124 cm³/mol. The number of benzene rings is 3. The Balaban J connectivity index is 1.61. The van der Waals surface area contributed by atoms with Crippen LogP contribution >= 0.6 is 23.8 Å². The molecule has 0 unspecified atom stereocenters. The number of hydrogen-bond donors (Lipinski definition) is 4. The van der Waals surface area contributed by atoms with Crippen LogP contribution in [0.3, 0.4) is 0 Å². The lowest BCUT2D eigenvalue weighted by Crippen LogP contribution is -2.19. The van der Waals surface area contributed by atoms with Gasteiger partial charge in [0.15, 0.2) is 5.11 Å². The number of carbonyl (C=O) groups is 1. The van der Waals surface area contributed by atoms with E-state index in [1.807, 2.05) is 0 Å². The van der Waals surface area contributed by atoms with E-state index >= 15 is 0 Å². The van der Waals surface area contributed by atoms with Crippen LogP contribution in [-0.4, -0.2) is 19.4 Å². The summed E-state index contributed by atoms with van der Waals surface area (Å²) in [5.74, 6) is -0.394. The normalized spacial score (nSPS) is 10.9. The van der Waals surface area contributed by atoms with Crippen LogP contribution in [0.15, 0.2) is 77.7 Å². The summed E-state index contributed by atoms with van der Waals surface area (Å²) in [6, 6.07) is 19.5. The number of rotatable bonds is 5. The summed E-state index contributed by atoms with van der Waals surface area (Å²) in [7, 11) is -3.85. The Bertz CT molecular complexity index is 1180. The second-order valence-electron chi connectivity index (χ2n) is 6.19. The topological polar surface area (TPSA) is 113 Å². The molecule has 1 amide bonds. The van der Waals surface area contributed by atoms with Crippen LogP contribution in [0.4, 0.5) is 17.1 Å². The van der Waals surface area contributed by atoms with E-state index in [0.29, 0.717) is 27.1 Å². The van der Waals surface area contributed by atoms with Gasteiger partial charge >= 0.3 is 0 Å². The Morgan fingerprint density at radius 3 is 1.97 bits per heavy atom. The largest absolute Gasteiger partial charge is 0.332 e. The molecule has 0 fully saturated rings. The molecule has 7 nitrogen and oxygen atoms in total. The maximum Gasteiger partial charge on any atom is 0.255 e. The minimum absolute atomic E-state index is 0.0819. The minimum Gasteiger partial charge on any atom is -0.332 e. The van der Waals surface area contributed by atoms with Crippen molar-refractivity contribution in [3.05, 3.63) is 83.4 Å². The van der Waals surface area contributed by atoms with Gasteiger partial charge in [-0.05, 0) is 78.9 Å². The molecule has 0 aromatic heterocycles. The van der Waals surface area contributed by atoms with Crippen molar-refractivity contribution >= 4 is 61.9 Å². The lowest BCUT2D eigenvalue weighted by molar-refractivity contribution is 0.102. The second kappa shape index (κ2) is 9.23. The van der Waals surface area contributed by atoms with Crippen molar-refractivity contribution in [2.24, 2.45) is 5.14 Å². The molecule has 0 bridgehead atoms. The summed E-state index contributed by atoms with van der Waals surface area (Å²) < 4.78 is 22.9. The SMILES string of the molecule is NS(=O)(=O)c1cccc(NC(=O)c2ccc(NC(=S)Nc3ccc(Cl)cc3)cc2)c1. The van der Waals surface area contributed by atoms with Gasteiger partial charge in [0.25, 0.3) is 5.91 Å². The number of anilines is 3. The van der Waals surface area contributed by atoms with Gasteiger partial charge in [-0.25, -0.2) is 13.6 Å². The van der Waals surface area contributed by atoms with E-state index in [2.05, 4.69) is 16.0 Å². The zero-order valence-electron chi connectivity index (χ0n) is 15.4. The standard InChI is InChI=1S/C20H17ClN4O3S2/c21-14-6-10-16(11-7-14)25-20(29)24-15-8-4-13(5-9-15)19(26)23-17-2-1-3-18(12-17)30(22,27)28/h1-12H,(H,23,26)(H2,22,27,28)(H2,24,25,29). The van der Waals surface area contributed by atoms with E-state index in [9.17, 15) is 13.2 Å². The van der Waals surface area contributed by atoms with Gasteiger partial charge in [-0.1, -0.05) is 17.7 Å². The number of nitrogens with one attached hydrogen (secondary N) is 3. The number of halogens is 1. The van der Waals surface area contributed by atoms with Gasteiger partial charge in [0.1, 0.15) is 0 Å². The Hall–Kier alpha value is -2.98. The van der Waals surface area contributed by atoms with Crippen molar-refractivity contribution in [2.45, 2.75) is 4.90 Å². The second-order valence-corrected chi connectivity index (χ2v) is 8.60. The number of nitrogens with two attached hydrogens (primary N) is 1. The molecule has 30 heavy (non-hydrogen) atoms. The number of hydrogen-bond acceptors (Lipinski definition) is 4. The van der Waals surface area contributed by atoms with Crippen molar-refractivity contribution in [2.75, 3.05) is 16.0 Å². The minimum atomic E-state index is -3.85. The van der Waals surface area contributed by atoms with Gasteiger partial charge in [0, 0.05) is 27.6 Å². The molecule has 154 valence electrons. The Morgan fingerprint density at radius 1 is 0.833 bits per heavy atom. The van der Waals surface area contributed by atoms with Gasteiger partial charge in [0.05, 0.1) is 4.90 Å². The molecule has 0 saturated heterocycles. The number of amides is 1. The van der Waals surface area contributed by atoms with Gasteiger partial charge in [-0.2, -0.15) is 0 Å². The highest BCUT2D eigenvalue weighted by Crippen LogP contribution is 2.17. The molecule has 0 aliphatic carbocycles. The van der Waals surface area contributed by atoms with Crippen LogP contribution in [0.5, 0.6) is 0 Å². The number of sulfonamides is 1. The third-order valence-electron chi connectivity index (χ3n) is 3.93. The summed E-state index contributed by atoms with van der Waals surface area (Å²) in [4.78, 5) is 12.3. The first-order valence-corrected chi connectivity index (χ1v) is 10.9. The van der Waals surface area contributed by atoms with Gasteiger partial charge in [-0.15, -0.1) is 0 Å². The number of primary sulfonamides is 1. The maximum atomic E-state index is 12.4. The first-order chi connectivity index (χ1) is 14.2. The van der Waals surface area contributed by atoms with Gasteiger partial charge in [0.2, 0.25) is 10.0 Å². The summed E-state index contributed by atoms with van der Waals surface area (Å²) in [5, 5.41) is 14.8. The molecular weight excluding hydrogens is 444 g/mol. The van der Waals surface area contributed by atoms with Gasteiger partial charge in [-0.3, -0.25) is 4.79 Å². The molecular formula is C20H17ClN4O3S2. The highest BCUT2D eigenvalue weighted by molar-refractivity contribution is 7.89. The van der Waals surface area contributed by atoms with E-state index in [1.165, 1.54) is 18.2 Å². The molecule has 0 spiro atoms. The van der Waals surface area contributed by atoms with E-state index in [1.54, 1.807) is 54.6 Å². The van der Waals surface area contributed by atoms with Crippen molar-refractivity contribution in [3.8, 4) is 0 Å². The molecule has 3 rings (SSSR count). The number of thiocarbonyl (C=S) groups is 1. The Labute approximate surface area is 184 Å². The van der Waals surface area contributed by atoms with E-state index in [4.69, 9.17) is 29.0 Å². The van der Waals surface area contributed by atoms with Crippen molar-refractivity contribution < 1.29 is 13.2 Å². The first-order valence-electron chi connectivity index (χ1n) is 8.58. The Morgan fingerprint density at radius 2 is 1.40 bits per heavy atom.